The fraction of sp³-hybridized carbons (Fsp3) is 0.257. The lowest BCUT2D eigenvalue weighted by Crippen LogP contribution is -2.45. The van der Waals surface area contributed by atoms with Crippen molar-refractivity contribution in [1.82, 2.24) is 16.1 Å². The van der Waals surface area contributed by atoms with Crippen LogP contribution in [0, 0.1) is 5.82 Å². The van der Waals surface area contributed by atoms with E-state index in [-0.39, 0.29) is 36.1 Å². The molecule has 0 radical (unpaired) electrons. The van der Waals surface area contributed by atoms with Crippen LogP contribution >= 0.6 is 0 Å². The van der Waals surface area contributed by atoms with Gasteiger partial charge in [0.25, 0.3) is 5.91 Å². The van der Waals surface area contributed by atoms with Crippen molar-refractivity contribution in [2.75, 3.05) is 27.4 Å². The molecule has 3 aromatic carbocycles. The Morgan fingerprint density at radius 3 is 2.50 bits per heavy atom. The molecule has 1 heterocycles. The monoisotopic (exact) mass is 660 g/mol. The molecule has 0 saturated heterocycles. The van der Waals surface area contributed by atoms with Gasteiger partial charge in [-0.2, -0.15) is 5.10 Å². The van der Waals surface area contributed by atoms with Gasteiger partial charge < -0.3 is 34.3 Å². The van der Waals surface area contributed by atoms with Crippen LogP contribution in [0.2, 0.25) is 0 Å². The standard InChI is InChI=1S/C35H37FN4O8/c1-6-10-24-15-22(16-29(45-5)33(24)48-19-25-11-8-9-12-26(25)36)18-37-40-30(41)20-47-27-14-13-23(17-28(27)44-4)32-31(34(42)46-7-2)21(3)38-35(43)39-32/h6,8-9,11-18,32H,1,7,10,19-20H2,2-5H3,(H,40,41)(H2,38,39,43)/b37-18-/t32-/m0/s1. The lowest BCUT2D eigenvalue weighted by Gasteiger charge is -2.28. The number of ether oxygens (including phenoxy) is 5. The molecule has 1 aliphatic heterocycles. The van der Waals surface area contributed by atoms with Gasteiger partial charge in [-0.05, 0) is 61.7 Å². The Kier molecular flexibility index (Phi) is 12.1. The van der Waals surface area contributed by atoms with Crippen LogP contribution in [0.5, 0.6) is 23.0 Å². The van der Waals surface area contributed by atoms with E-state index in [1.165, 1.54) is 26.5 Å². The Morgan fingerprint density at radius 1 is 1.02 bits per heavy atom. The summed E-state index contributed by atoms with van der Waals surface area (Å²) in [5.74, 6) is -0.106. The van der Waals surface area contributed by atoms with Gasteiger partial charge in [-0.1, -0.05) is 30.3 Å². The van der Waals surface area contributed by atoms with E-state index in [1.807, 2.05) is 0 Å². The molecule has 0 aromatic heterocycles. The number of nitrogens with zero attached hydrogens (tertiary/aromatic N) is 1. The van der Waals surface area contributed by atoms with Gasteiger partial charge in [0.15, 0.2) is 29.6 Å². The minimum Gasteiger partial charge on any atom is -0.493 e. The normalized spacial score (nSPS) is 14.1. The number of hydrogen-bond donors (Lipinski definition) is 3. The predicted molar refractivity (Wildman–Crippen MR) is 176 cm³/mol. The average Bonchev–Trinajstić information content (AvgIpc) is 3.07. The number of urea groups is 1. The summed E-state index contributed by atoms with van der Waals surface area (Å²) in [5, 5.41) is 9.35. The summed E-state index contributed by atoms with van der Waals surface area (Å²) in [4.78, 5) is 37.4. The average molecular weight is 661 g/mol. The highest BCUT2D eigenvalue weighted by Crippen LogP contribution is 2.35. The number of benzene rings is 3. The fourth-order valence-corrected chi connectivity index (χ4v) is 4.91. The number of esters is 1. The number of hydrogen-bond acceptors (Lipinski definition) is 9. The van der Waals surface area contributed by atoms with Crippen LogP contribution in [-0.4, -0.2) is 51.6 Å². The molecule has 0 fully saturated rings. The minimum absolute atomic E-state index is 0.00412. The molecular formula is C35H37FN4O8. The highest BCUT2D eigenvalue weighted by molar-refractivity contribution is 5.95. The van der Waals surface area contributed by atoms with Gasteiger partial charge in [0.2, 0.25) is 0 Å². The third kappa shape index (κ3) is 8.69. The van der Waals surface area contributed by atoms with Gasteiger partial charge in [0, 0.05) is 16.8 Å². The summed E-state index contributed by atoms with van der Waals surface area (Å²) in [6.45, 7) is 6.89. The van der Waals surface area contributed by atoms with Gasteiger partial charge in [-0.25, -0.2) is 19.4 Å². The molecule has 4 rings (SSSR count). The molecule has 0 aliphatic carbocycles. The van der Waals surface area contributed by atoms with E-state index in [1.54, 1.807) is 68.5 Å². The summed E-state index contributed by atoms with van der Waals surface area (Å²) >= 11 is 0. The van der Waals surface area contributed by atoms with E-state index in [0.29, 0.717) is 40.3 Å². The first-order valence-electron chi connectivity index (χ1n) is 14.9. The van der Waals surface area contributed by atoms with E-state index in [9.17, 15) is 18.8 Å². The van der Waals surface area contributed by atoms with E-state index in [2.05, 4.69) is 27.7 Å². The summed E-state index contributed by atoms with van der Waals surface area (Å²) in [6.07, 6.45) is 3.58. The topological polar surface area (TPSA) is 146 Å². The Balaban J connectivity index is 1.41. The van der Waals surface area contributed by atoms with Crippen molar-refractivity contribution < 1.29 is 42.5 Å². The van der Waals surface area contributed by atoms with Crippen molar-refractivity contribution in [1.29, 1.82) is 0 Å². The maximum Gasteiger partial charge on any atom is 0.338 e. The van der Waals surface area contributed by atoms with E-state index < -0.39 is 30.6 Å². The molecule has 252 valence electrons. The second-order valence-corrected chi connectivity index (χ2v) is 10.4. The second-order valence-electron chi connectivity index (χ2n) is 10.4. The second kappa shape index (κ2) is 16.6. The number of carbonyl (C=O) groups is 3. The number of hydrazone groups is 1. The summed E-state index contributed by atoms with van der Waals surface area (Å²) < 4.78 is 41.9. The zero-order chi connectivity index (χ0) is 34.6. The molecule has 1 aliphatic rings. The van der Waals surface area contributed by atoms with Crippen molar-refractivity contribution in [3.8, 4) is 23.0 Å². The lowest BCUT2D eigenvalue weighted by atomic mass is 9.95. The fourth-order valence-electron chi connectivity index (χ4n) is 4.91. The summed E-state index contributed by atoms with van der Waals surface area (Å²) in [5.41, 5.74) is 5.33. The molecule has 0 unspecified atom stereocenters. The van der Waals surface area contributed by atoms with Crippen LogP contribution in [0.4, 0.5) is 9.18 Å². The molecule has 12 nitrogen and oxygen atoms in total. The lowest BCUT2D eigenvalue weighted by molar-refractivity contribution is -0.139. The molecule has 13 heteroatoms. The minimum atomic E-state index is -0.795. The van der Waals surface area contributed by atoms with Crippen molar-refractivity contribution >= 4 is 24.1 Å². The Bertz CT molecular complexity index is 1740. The van der Waals surface area contributed by atoms with Crippen LogP contribution in [0.25, 0.3) is 0 Å². The maximum absolute atomic E-state index is 14.1. The Hall–Kier alpha value is -5.85. The zero-order valence-electron chi connectivity index (χ0n) is 27.1. The molecular weight excluding hydrogens is 623 g/mol. The number of carbonyl (C=O) groups excluding carboxylic acids is 3. The first-order valence-corrected chi connectivity index (χ1v) is 14.9. The van der Waals surface area contributed by atoms with Crippen LogP contribution in [0.1, 0.15) is 42.1 Å². The molecule has 0 spiro atoms. The predicted octanol–water partition coefficient (Wildman–Crippen LogP) is 4.87. The summed E-state index contributed by atoms with van der Waals surface area (Å²) in [6, 6.07) is 13.4. The number of amides is 3. The van der Waals surface area contributed by atoms with Crippen molar-refractivity contribution in [2.45, 2.75) is 32.9 Å². The Labute approximate surface area is 277 Å². The third-order valence-electron chi connectivity index (χ3n) is 7.12. The molecule has 3 N–H and O–H groups in total. The molecule has 1 atom stereocenters. The molecule has 3 amide bonds. The molecule has 0 bridgehead atoms. The van der Waals surface area contributed by atoms with E-state index in [0.717, 1.165) is 5.56 Å². The number of halogens is 1. The van der Waals surface area contributed by atoms with Gasteiger partial charge in [0.1, 0.15) is 12.4 Å². The van der Waals surface area contributed by atoms with Crippen molar-refractivity contribution in [3.63, 3.8) is 0 Å². The molecule has 3 aromatic rings. The number of allylic oxidation sites excluding steroid dienone is 2. The quantitative estimate of drug-likeness (QED) is 0.0906. The largest absolute Gasteiger partial charge is 0.493 e. The summed E-state index contributed by atoms with van der Waals surface area (Å²) in [7, 11) is 2.92. The van der Waals surface area contributed by atoms with Crippen LogP contribution < -0.4 is 35.0 Å². The van der Waals surface area contributed by atoms with Gasteiger partial charge in [-0.15, -0.1) is 6.58 Å². The maximum atomic E-state index is 14.1. The third-order valence-corrected chi connectivity index (χ3v) is 7.12. The number of rotatable bonds is 15. The molecule has 48 heavy (non-hydrogen) atoms. The van der Waals surface area contributed by atoms with Crippen LogP contribution in [0.15, 0.2) is 83.6 Å². The van der Waals surface area contributed by atoms with Crippen molar-refractivity contribution in [3.05, 3.63) is 107 Å². The highest BCUT2D eigenvalue weighted by Gasteiger charge is 2.32. The van der Waals surface area contributed by atoms with Crippen molar-refractivity contribution in [2.24, 2.45) is 5.10 Å². The number of nitrogens with one attached hydrogen (secondary N) is 3. The molecule has 0 saturated carbocycles. The Morgan fingerprint density at radius 2 is 1.79 bits per heavy atom. The first-order chi connectivity index (χ1) is 23.2. The first kappa shape index (κ1) is 35.0. The zero-order valence-corrected chi connectivity index (χ0v) is 27.1. The highest BCUT2D eigenvalue weighted by atomic mass is 19.1. The number of methoxy groups -OCH3 is 2. The smallest absolute Gasteiger partial charge is 0.338 e. The van der Waals surface area contributed by atoms with Crippen LogP contribution in [0.3, 0.4) is 0 Å². The van der Waals surface area contributed by atoms with E-state index in [4.69, 9.17) is 23.7 Å². The van der Waals surface area contributed by atoms with Gasteiger partial charge in [-0.3, -0.25) is 4.79 Å². The van der Waals surface area contributed by atoms with E-state index >= 15 is 0 Å². The SMILES string of the molecule is C=CCc1cc(/C=N\NC(=O)COc2ccc([C@@H]3NC(=O)NC(C)=C3C(=O)OCC)cc2OC)cc(OC)c1OCc1ccccc1F. The van der Waals surface area contributed by atoms with Crippen LogP contribution in [-0.2, 0) is 27.4 Å². The van der Waals surface area contributed by atoms with Gasteiger partial charge >= 0.3 is 12.0 Å². The van der Waals surface area contributed by atoms with Gasteiger partial charge in [0.05, 0.1) is 38.7 Å².